The van der Waals surface area contributed by atoms with Crippen LogP contribution in [0, 0.1) is 17.2 Å². The molecule has 3 aliphatic rings. The highest BCUT2D eigenvalue weighted by Gasteiger charge is 2.49. The van der Waals surface area contributed by atoms with Crippen LogP contribution < -0.4 is 0 Å². The van der Waals surface area contributed by atoms with Gasteiger partial charge in [-0.15, -0.1) is 0 Å². The van der Waals surface area contributed by atoms with E-state index in [0.29, 0.717) is 30.5 Å². The maximum Gasteiger partial charge on any atom is 0.177 e. The van der Waals surface area contributed by atoms with Crippen LogP contribution in [0.5, 0.6) is 0 Å². The zero-order valence-corrected chi connectivity index (χ0v) is 13.0. The SMILES string of the molecule is N#Cc1cc(C2C3=C(CCS3(=O)=O)N=C3CCC(=O)C32)ccn1. The van der Waals surface area contributed by atoms with Crippen molar-refractivity contribution in [3.05, 3.63) is 40.2 Å². The van der Waals surface area contributed by atoms with Gasteiger partial charge in [-0.3, -0.25) is 9.79 Å². The minimum absolute atomic E-state index is 0.0257. The molecule has 3 heterocycles. The third kappa shape index (κ3) is 2.05. The van der Waals surface area contributed by atoms with E-state index in [2.05, 4.69) is 9.98 Å². The number of carbonyl (C=O) groups excluding carboxylic acids is 1. The van der Waals surface area contributed by atoms with E-state index < -0.39 is 21.7 Å². The first-order valence-corrected chi connectivity index (χ1v) is 9.08. The van der Waals surface area contributed by atoms with Crippen molar-refractivity contribution in [2.75, 3.05) is 5.75 Å². The lowest BCUT2D eigenvalue weighted by Crippen LogP contribution is -2.30. The molecule has 2 aliphatic heterocycles. The van der Waals surface area contributed by atoms with Crippen molar-refractivity contribution in [3.8, 4) is 6.07 Å². The number of nitrogens with zero attached hydrogens (tertiary/aromatic N) is 3. The average Bonchev–Trinajstić information content (AvgIpc) is 3.06. The molecule has 2 atom stereocenters. The van der Waals surface area contributed by atoms with E-state index in [4.69, 9.17) is 5.26 Å². The zero-order chi connectivity index (χ0) is 16.2. The summed E-state index contributed by atoms with van der Waals surface area (Å²) in [5.41, 5.74) is 2.24. The molecule has 1 aromatic heterocycles. The summed E-state index contributed by atoms with van der Waals surface area (Å²) in [5, 5.41) is 9.06. The molecule has 1 fully saturated rings. The van der Waals surface area contributed by atoms with Crippen molar-refractivity contribution in [2.24, 2.45) is 10.9 Å². The minimum atomic E-state index is -3.41. The lowest BCUT2D eigenvalue weighted by atomic mass is 9.81. The van der Waals surface area contributed by atoms with Crippen molar-refractivity contribution in [1.82, 2.24) is 4.98 Å². The molecule has 0 amide bonds. The molecule has 0 aromatic carbocycles. The number of ketones is 1. The Bertz CT molecular complexity index is 938. The summed E-state index contributed by atoms with van der Waals surface area (Å²) in [6.07, 6.45) is 2.87. The van der Waals surface area contributed by atoms with Crippen LogP contribution in [-0.4, -0.2) is 30.6 Å². The Morgan fingerprint density at radius 1 is 1.22 bits per heavy atom. The van der Waals surface area contributed by atoms with Crippen molar-refractivity contribution in [1.29, 1.82) is 5.26 Å². The first-order valence-electron chi connectivity index (χ1n) is 7.43. The van der Waals surface area contributed by atoms with E-state index in [1.165, 1.54) is 6.20 Å². The molecule has 2 unspecified atom stereocenters. The number of allylic oxidation sites excluding steroid dienone is 2. The van der Waals surface area contributed by atoms with Crippen molar-refractivity contribution in [3.63, 3.8) is 0 Å². The first kappa shape index (κ1) is 14.3. The summed E-state index contributed by atoms with van der Waals surface area (Å²) in [5.74, 6) is -1.01. The van der Waals surface area contributed by atoms with E-state index in [1.807, 2.05) is 6.07 Å². The number of hydrogen-bond donors (Lipinski definition) is 0. The fourth-order valence-corrected chi connectivity index (χ4v) is 5.60. The van der Waals surface area contributed by atoms with Gasteiger partial charge in [0.15, 0.2) is 9.84 Å². The van der Waals surface area contributed by atoms with Crippen molar-refractivity contribution >= 4 is 21.3 Å². The van der Waals surface area contributed by atoms with Gasteiger partial charge in [-0.25, -0.2) is 13.4 Å². The summed E-state index contributed by atoms with van der Waals surface area (Å²) in [6.45, 7) is 0. The summed E-state index contributed by atoms with van der Waals surface area (Å²) < 4.78 is 25.0. The molecule has 7 heteroatoms. The second kappa shape index (κ2) is 4.83. The Morgan fingerprint density at radius 3 is 2.83 bits per heavy atom. The zero-order valence-electron chi connectivity index (χ0n) is 12.2. The fourth-order valence-electron chi connectivity index (χ4n) is 3.75. The average molecular weight is 327 g/mol. The number of carbonyl (C=O) groups is 1. The van der Waals surface area contributed by atoms with Gasteiger partial charge in [-0.1, -0.05) is 0 Å². The number of hydrogen-bond acceptors (Lipinski definition) is 6. The monoisotopic (exact) mass is 327 g/mol. The van der Waals surface area contributed by atoms with Gasteiger partial charge in [-0.05, 0) is 24.1 Å². The molecule has 23 heavy (non-hydrogen) atoms. The maximum absolute atomic E-state index is 12.5. The largest absolute Gasteiger partial charge is 0.299 e. The smallest absolute Gasteiger partial charge is 0.177 e. The highest BCUT2D eigenvalue weighted by atomic mass is 32.2. The Balaban J connectivity index is 1.95. The molecular weight excluding hydrogens is 314 g/mol. The molecule has 1 aromatic rings. The standard InChI is InChI=1S/C16H13N3O3S/c17-8-10-7-9(3-5-18-10)14-15-11(1-2-13(15)20)19-12-4-6-23(21,22)16(12)14/h3,5,7,14-15H,1-2,4,6H2. The first-order chi connectivity index (χ1) is 11.0. The maximum atomic E-state index is 12.5. The summed E-state index contributed by atoms with van der Waals surface area (Å²) in [7, 11) is -3.41. The summed E-state index contributed by atoms with van der Waals surface area (Å²) >= 11 is 0. The third-order valence-corrected chi connectivity index (χ3v) is 6.61. The van der Waals surface area contributed by atoms with Gasteiger partial charge in [0, 0.05) is 30.7 Å². The number of pyridine rings is 1. The van der Waals surface area contributed by atoms with E-state index >= 15 is 0 Å². The molecule has 1 saturated carbocycles. The van der Waals surface area contributed by atoms with Crippen LogP contribution in [0.15, 0.2) is 33.9 Å². The van der Waals surface area contributed by atoms with Crippen LogP contribution in [0.2, 0.25) is 0 Å². The Kier molecular flexibility index (Phi) is 3.00. The second-order valence-electron chi connectivity index (χ2n) is 5.99. The number of aliphatic imine (C=N–C) groups is 1. The molecule has 0 radical (unpaired) electrons. The molecular formula is C16H13N3O3S. The minimum Gasteiger partial charge on any atom is -0.299 e. The quantitative estimate of drug-likeness (QED) is 0.778. The molecule has 0 bridgehead atoms. The number of Topliss-reactive ketones (excluding diaryl/α,β-unsaturated/α-hetero) is 1. The molecule has 0 spiro atoms. The van der Waals surface area contributed by atoms with Gasteiger partial charge in [0.25, 0.3) is 0 Å². The van der Waals surface area contributed by atoms with Gasteiger partial charge in [0.1, 0.15) is 17.5 Å². The molecule has 0 saturated heterocycles. The van der Waals surface area contributed by atoms with Crippen LogP contribution in [0.1, 0.15) is 36.4 Å². The normalized spacial score (nSPS) is 28.1. The molecule has 4 rings (SSSR count). The van der Waals surface area contributed by atoms with Crippen molar-refractivity contribution < 1.29 is 13.2 Å². The predicted molar refractivity (Wildman–Crippen MR) is 82.3 cm³/mol. The predicted octanol–water partition coefficient (Wildman–Crippen LogP) is 1.50. The highest BCUT2D eigenvalue weighted by Crippen LogP contribution is 2.48. The van der Waals surface area contributed by atoms with E-state index in [0.717, 1.165) is 5.71 Å². The summed E-state index contributed by atoms with van der Waals surface area (Å²) in [4.78, 5) is 21.1. The van der Waals surface area contributed by atoms with Gasteiger partial charge >= 0.3 is 0 Å². The Labute approximate surface area is 133 Å². The van der Waals surface area contributed by atoms with Gasteiger partial charge in [-0.2, -0.15) is 5.26 Å². The van der Waals surface area contributed by atoms with Crippen LogP contribution in [-0.2, 0) is 14.6 Å². The number of rotatable bonds is 1. The van der Waals surface area contributed by atoms with Crippen LogP contribution in [0.4, 0.5) is 0 Å². The van der Waals surface area contributed by atoms with E-state index in [-0.39, 0.29) is 22.1 Å². The van der Waals surface area contributed by atoms with Crippen LogP contribution >= 0.6 is 0 Å². The molecule has 1 aliphatic carbocycles. The Morgan fingerprint density at radius 2 is 2.04 bits per heavy atom. The third-order valence-electron chi connectivity index (χ3n) is 4.71. The second-order valence-corrected chi connectivity index (χ2v) is 8.07. The number of nitriles is 1. The van der Waals surface area contributed by atoms with E-state index in [9.17, 15) is 13.2 Å². The number of fused-ring (bicyclic) bond motifs is 1. The number of sulfone groups is 1. The molecule has 0 N–H and O–H groups in total. The van der Waals surface area contributed by atoms with E-state index in [1.54, 1.807) is 12.1 Å². The number of aromatic nitrogens is 1. The van der Waals surface area contributed by atoms with Gasteiger partial charge in [0.05, 0.1) is 22.3 Å². The van der Waals surface area contributed by atoms with Gasteiger partial charge in [0.2, 0.25) is 0 Å². The Hall–Kier alpha value is -2.33. The lowest BCUT2D eigenvalue weighted by molar-refractivity contribution is -0.120. The highest BCUT2D eigenvalue weighted by molar-refractivity contribution is 7.95. The molecule has 6 nitrogen and oxygen atoms in total. The van der Waals surface area contributed by atoms with Gasteiger partial charge < -0.3 is 0 Å². The molecule has 116 valence electrons. The van der Waals surface area contributed by atoms with Crippen LogP contribution in [0.25, 0.3) is 0 Å². The summed E-state index contributed by atoms with van der Waals surface area (Å²) in [6, 6.07) is 5.24. The van der Waals surface area contributed by atoms with Crippen molar-refractivity contribution in [2.45, 2.75) is 25.2 Å². The van der Waals surface area contributed by atoms with Crippen LogP contribution in [0.3, 0.4) is 0 Å². The topological polar surface area (TPSA) is 100 Å². The fraction of sp³-hybridized carbons (Fsp3) is 0.375. The lowest BCUT2D eigenvalue weighted by Gasteiger charge is -2.28.